The highest BCUT2D eigenvalue weighted by molar-refractivity contribution is 7.80. The first-order chi connectivity index (χ1) is 15.1. The van der Waals surface area contributed by atoms with E-state index in [2.05, 4.69) is 91.1 Å². The molecule has 2 unspecified atom stereocenters. The van der Waals surface area contributed by atoms with Crippen molar-refractivity contribution in [3.8, 4) is 0 Å². The third kappa shape index (κ3) is 2.35. The van der Waals surface area contributed by atoms with Crippen LogP contribution in [0.4, 0.5) is 0 Å². The molecule has 0 aromatic heterocycles. The fourth-order valence-electron chi connectivity index (χ4n) is 11.2. The van der Waals surface area contributed by atoms with Gasteiger partial charge in [-0.1, -0.05) is 83.8 Å². The van der Waals surface area contributed by atoms with E-state index in [4.69, 9.17) is 0 Å². The molecular formula is C30H47Si3. The highest BCUT2D eigenvalue weighted by Crippen LogP contribution is 2.85. The van der Waals surface area contributed by atoms with Gasteiger partial charge in [-0.05, 0) is 101 Å². The van der Waals surface area contributed by atoms with E-state index in [1.807, 2.05) is 5.56 Å². The third-order valence-corrected chi connectivity index (χ3v) is 61.9. The van der Waals surface area contributed by atoms with E-state index in [-0.39, 0.29) is 5.41 Å². The van der Waals surface area contributed by atoms with Crippen molar-refractivity contribution >= 4 is 28.4 Å². The van der Waals surface area contributed by atoms with Crippen LogP contribution in [-0.4, -0.2) is 22.3 Å². The molecule has 1 aromatic carbocycles. The largest absolute Gasteiger partial charge is 0.0731 e. The van der Waals surface area contributed by atoms with Crippen molar-refractivity contribution in [1.29, 1.82) is 0 Å². The minimum absolute atomic E-state index is 0.213. The molecule has 1 aliphatic heterocycles. The number of hydrogen-bond acceptors (Lipinski definition) is 0. The topological polar surface area (TPSA) is 0 Å². The van der Waals surface area contributed by atoms with E-state index in [0.717, 1.165) is 11.8 Å². The molecule has 3 heteroatoms. The van der Waals surface area contributed by atoms with Gasteiger partial charge in [0.15, 0.2) is 0 Å². The van der Waals surface area contributed by atoms with Crippen LogP contribution >= 0.6 is 0 Å². The summed E-state index contributed by atoms with van der Waals surface area (Å²) >= 11 is 0. The third-order valence-electron chi connectivity index (χ3n) is 12.8. The maximum atomic E-state index is 2.89. The van der Waals surface area contributed by atoms with Crippen LogP contribution in [0, 0.1) is 17.8 Å². The lowest BCUT2D eigenvalue weighted by atomic mass is 9.46. The maximum absolute atomic E-state index is 2.89. The second kappa shape index (κ2) is 6.29. The van der Waals surface area contributed by atoms with Crippen LogP contribution in [0.25, 0.3) is 6.08 Å². The molecule has 0 nitrogen and oxygen atoms in total. The molecule has 5 aliphatic carbocycles. The fourth-order valence-corrected chi connectivity index (χ4v) is 64.3. The molecule has 4 saturated carbocycles. The Bertz CT molecular complexity index is 1050. The average molecular weight is 492 g/mol. The van der Waals surface area contributed by atoms with E-state index in [9.17, 15) is 0 Å². The number of hydrogen-bond donors (Lipinski definition) is 0. The summed E-state index contributed by atoms with van der Waals surface area (Å²) in [4.78, 5) is 0. The van der Waals surface area contributed by atoms with Crippen LogP contribution in [0.5, 0.6) is 0 Å². The zero-order chi connectivity index (χ0) is 24.0. The van der Waals surface area contributed by atoms with Crippen molar-refractivity contribution in [2.24, 2.45) is 11.8 Å². The molecule has 7 rings (SSSR count). The van der Waals surface area contributed by atoms with Crippen LogP contribution in [0.3, 0.4) is 0 Å². The summed E-state index contributed by atoms with van der Waals surface area (Å²) in [5, 5.41) is 0. The van der Waals surface area contributed by atoms with Crippen LogP contribution < -0.4 is 0 Å². The Kier molecular flexibility index (Phi) is 4.39. The molecule has 6 aliphatic rings. The zero-order valence-corrected chi connectivity index (χ0v) is 26.1. The molecule has 1 radical (unpaired) electrons. The molecular weight excluding hydrogens is 445 g/mol. The van der Waals surface area contributed by atoms with Crippen molar-refractivity contribution in [2.45, 2.75) is 121 Å². The molecule has 1 aromatic rings. The number of allylic oxidation sites excluding steroid dienone is 1. The monoisotopic (exact) mass is 491 g/mol. The average Bonchev–Trinajstić information content (AvgIpc) is 3.04. The van der Waals surface area contributed by atoms with Crippen molar-refractivity contribution < 1.29 is 0 Å². The molecule has 0 N–H and O–H groups in total. The standard InChI is InChI=1S/C30H47Si3/c1-20-11-23-16-24(28(2,3)4)17-27(26(23)12-20)29-18-21-13-22(19-29)15-25(14-21)30(29)31(5,6)33(9,10)32(30,7)8/h11,16-17,21-22H,12-15,18-19H2,1-10H3. The van der Waals surface area contributed by atoms with Crippen molar-refractivity contribution in [2.75, 3.05) is 0 Å². The second-order valence-electron chi connectivity index (χ2n) is 15.6. The number of fused-ring (bicyclic) bond motifs is 1. The lowest BCUT2D eigenvalue weighted by Gasteiger charge is -2.87. The molecule has 5 fully saturated rings. The van der Waals surface area contributed by atoms with Gasteiger partial charge in [0.2, 0.25) is 0 Å². The minimum atomic E-state index is -1.39. The van der Waals surface area contributed by atoms with Crippen LogP contribution in [0.2, 0.25) is 43.9 Å². The Labute approximate surface area is 206 Å². The van der Waals surface area contributed by atoms with Crippen LogP contribution in [-0.2, 0) is 17.3 Å². The van der Waals surface area contributed by atoms with E-state index in [0.29, 0.717) is 10.1 Å². The maximum Gasteiger partial charge on any atom is 0.0438 e. The van der Waals surface area contributed by atoms with E-state index >= 15 is 0 Å². The predicted molar refractivity (Wildman–Crippen MR) is 153 cm³/mol. The molecule has 179 valence electrons. The molecule has 1 saturated heterocycles. The lowest BCUT2D eigenvalue weighted by Crippen LogP contribution is -2.97. The highest BCUT2D eigenvalue weighted by Gasteiger charge is 2.87. The van der Waals surface area contributed by atoms with Crippen molar-refractivity contribution in [1.82, 2.24) is 0 Å². The van der Waals surface area contributed by atoms with Gasteiger partial charge in [-0.15, -0.1) is 0 Å². The summed E-state index contributed by atoms with van der Waals surface area (Å²) in [5.41, 5.74) is 9.06. The van der Waals surface area contributed by atoms with Crippen LogP contribution in [0.1, 0.15) is 82.1 Å². The Morgan fingerprint density at radius 3 is 2.00 bits per heavy atom. The zero-order valence-electron chi connectivity index (χ0n) is 23.1. The second-order valence-corrected chi connectivity index (χ2v) is 43.9. The van der Waals surface area contributed by atoms with Gasteiger partial charge >= 0.3 is 0 Å². The normalized spacial score (nSPS) is 36.6. The summed E-state index contributed by atoms with van der Waals surface area (Å²) in [7, 11) is -3.94. The number of benzene rings is 1. The van der Waals surface area contributed by atoms with Crippen molar-refractivity contribution in [3.63, 3.8) is 0 Å². The minimum Gasteiger partial charge on any atom is -0.0731 e. The van der Waals surface area contributed by atoms with Crippen LogP contribution in [0.15, 0.2) is 17.7 Å². The molecule has 2 atom stereocenters. The summed E-state index contributed by atoms with van der Waals surface area (Å²) < 4.78 is 0.650. The molecule has 1 spiro atoms. The molecule has 33 heavy (non-hydrogen) atoms. The Hall–Kier alpha value is -0.389. The summed E-state index contributed by atoms with van der Waals surface area (Å²) in [5.74, 6) is 4.09. The first-order valence-corrected chi connectivity index (χ1v) is 24.8. The highest BCUT2D eigenvalue weighted by atomic mass is 29.7. The van der Waals surface area contributed by atoms with Crippen molar-refractivity contribution in [3.05, 3.63) is 45.9 Å². The SMILES string of the molecule is CC1=Cc2cc(C(C)(C)C)cc(C34CC5C[C](CC(C5)C3)C43[Si](C)(C)[Si](C)(C)[Si]3(C)C)c2C1. The van der Waals surface area contributed by atoms with E-state index < -0.39 is 22.3 Å². The smallest absolute Gasteiger partial charge is 0.0438 e. The van der Waals surface area contributed by atoms with Gasteiger partial charge in [-0.3, -0.25) is 0 Å². The summed E-state index contributed by atoms with van der Waals surface area (Å²) in [6.07, 6.45) is 11.3. The van der Waals surface area contributed by atoms with Gasteiger partial charge in [0, 0.05) is 22.3 Å². The van der Waals surface area contributed by atoms with Gasteiger partial charge in [-0.2, -0.15) is 0 Å². The Balaban J connectivity index is 1.68. The molecule has 1 heterocycles. The Morgan fingerprint density at radius 1 is 0.879 bits per heavy atom. The van der Waals surface area contributed by atoms with E-state index in [1.165, 1.54) is 38.5 Å². The first-order valence-electron chi connectivity index (χ1n) is 13.8. The first kappa shape index (κ1) is 23.0. The summed E-state index contributed by atoms with van der Waals surface area (Å²) in [6, 6.07) is 5.36. The van der Waals surface area contributed by atoms with Gasteiger partial charge in [0.25, 0.3) is 0 Å². The number of rotatable bonds is 1. The fraction of sp³-hybridized carbons (Fsp3) is 0.700. The van der Waals surface area contributed by atoms with E-state index in [1.54, 1.807) is 22.3 Å². The van der Waals surface area contributed by atoms with Gasteiger partial charge in [0.05, 0.1) is 0 Å². The summed E-state index contributed by atoms with van der Waals surface area (Å²) in [6.45, 7) is 27.0. The van der Waals surface area contributed by atoms with Gasteiger partial charge < -0.3 is 0 Å². The predicted octanol–water partition coefficient (Wildman–Crippen LogP) is 8.55. The lowest BCUT2D eigenvalue weighted by molar-refractivity contribution is 0.0414. The Morgan fingerprint density at radius 2 is 1.45 bits per heavy atom. The molecule has 0 amide bonds. The quantitative estimate of drug-likeness (QED) is 0.345. The van der Waals surface area contributed by atoms with Gasteiger partial charge in [-0.25, -0.2) is 0 Å². The van der Waals surface area contributed by atoms with Gasteiger partial charge in [0.1, 0.15) is 0 Å². The molecule has 4 bridgehead atoms.